The summed E-state index contributed by atoms with van der Waals surface area (Å²) in [5, 5.41) is 0.845. The van der Waals surface area contributed by atoms with Crippen LogP contribution in [0.1, 0.15) is 34.8 Å². The van der Waals surface area contributed by atoms with Gasteiger partial charge in [-0.05, 0) is 37.2 Å². The Hall–Kier alpha value is -2.21. The summed E-state index contributed by atoms with van der Waals surface area (Å²) in [4.78, 5) is 32.4. The van der Waals surface area contributed by atoms with Gasteiger partial charge in [-0.25, -0.2) is 4.98 Å². The summed E-state index contributed by atoms with van der Waals surface area (Å²) >= 11 is 1.51. The molecule has 1 aliphatic heterocycles. The number of nitrogens with two attached hydrogens (primary N) is 1. The Morgan fingerprint density at radius 2 is 2.00 bits per heavy atom. The smallest absolute Gasteiger partial charge is 0.274 e. The number of amides is 2. The first-order chi connectivity index (χ1) is 12.1. The quantitative estimate of drug-likeness (QED) is 0.920. The summed E-state index contributed by atoms with van der Waals surface area (Å²) in [7, 11) is 0. The molecule has 1 saturated carbocycles. The molecule has 5 nitrogen and oxygen atoms in total. The molecule has 2 amide bonds. The number of benzene rings is 1. The van der Waals surface area contributed by atoms with Gasteiger partial charge in [0.15, 0.2) is 0 Å². The lowest BCUT2D eigenvalue weighted by atomic mass is 9.93. The van der Waals surface area contributed by atoms with Crippen LogP contribution in [0.2, 0.25) is 0 Å². The largest absolute Gasteiger partial charge is 0.368 e. The first kappa shape index (κ1) is 16.3. The number of carbonyl (C=O) groups is 2. The molecular formula is C19H21N3O2S. The van der Waals surface area contributed by atoms with E-state index < -0.39 is 11.9 Å². The molecule has 1 aromatic heterocycles. The van der Waals surface area contributed by atoms with Gasteiger partial charge in [0, 0.05) is 6.54 Å². The number of primary amides is 1. The van der Waals surface area contributed by atoms with Gasteiger partial charge in [-0.1, -0.05) is 36.8 Å². The Balaban J connectivity index is 1.71. The number of fused-ring (bicyclic) bond motifs is 1. The van der Waals surface area contributed by atoms with Crippen LogP contribution in [0.15, 0.2) is 30.3 Å². The van der Waals surface area contributed by atoms with E-state index in [9.17, 15) is 9.59 Å². The van der Waals surface area contributed by atoms with Crippen LogP contribution >= 0.6 is 11.3 Å². The van der Waals surface area contributed by atoms with Gasteiger partial charge in [-0.2, -0.15) is 0 Å². The molecular weight excluding hydrogens is 334 g/mol. The summed E-state index contributed by atoms with van der Waals surface area (Å²) in [5.74, 6) is 0.0417. The van der Waals surface area contributed by atoms with Crippen molar-refractivity contribution in [2.45, 2.75) is 32.2 Å². The summed E-state index contributed by atoms with van der Waals surface area (Å²) in [6.07, 6.45) is 3.16. The summed E-state index contributed by atoms with van der Waals surface area (Å²) in [5.41, 5.74) is 7.09. The molecule has 0 unspecified atom stereocenters. The number of thiazole rings is 1. The van der Waals surface area contributed by atoms with Crippen molar-refractivity contribution >= 4 is 23.2 Å². The van der Waals surface area contributed by atoms with Crippen molar-refractivity contribution in [2.75, 3.05) is 6.54 Å². The van der Waals surface area contributed by atoms with Crippen molar-refractivity contribution in [1.29, 1.82) is 0 Å². The predicted molar refractivity (Wildman–Crippen MR) is 97.1 cm³/mol. The van der Waals surface area contributed by atoms with Gasteiger partial charge < -0.3 is 10.6 Å². The molecule has 2 aromatic rings. The van der Waals surface area contributed by atoms with Crippen LogP contribution in [-0.4, -0.2) is 34.3 Å². The number of carbonyl (C=O) groups excluding carboxylic acids is 2. The highest BCUT2D eigenvalue weighted by Crippen LogP contribution is 2.43. The Morgan fingerprint density at radius 1 is 1.24 bits per heavy atom. The molecule has 0 bridgehead atoms. The third-order valence-electron chi connectivity index (χ3n) is 5.42. The Labute approximate surface area is 150 Å². The van der Waals surface area contributed by atoms with E-state index in [0.29, 0.717) is 18.2 Å². The Kier molecular flexibility index (Phi) is 4.07. The third kappa shape index (κ3) is 2.74. The fourth-order valence-corrected chi connectivity index (χ4v) is 5.29. The molecule has 2 fully saturated rings. The molecule has 0 radical (unpaired) electrons. The number of hydrogen-bond donors (Lipinski definition) is 1. The van der Waals surface area contributed by atoms with E-state index in [1.165, 1.54) is 11.3 Å². The third-order valence-corrected chi connectivity index (χ3v) is 6.44. The highest BCUT2D eigenvalue weighted by atomic mass is 32.1. The predicted octanol–water partition coefficient (Wildman–Crippen LogP) is 2.84. The molecule has 6 heteroatoms. The molecule has 1 aromatic carbocycles. The van der Waals surface area contributed by atoms with E-state index in [1.807, 2.05) is 37.3 Å². The van der Waals surface area contributed by atoms with Crippen LogP contribution in [0.4, 0.5) is 0 Å². The van der Waals surface area contributed by atoms with Crippen molar-refractivity contribution < 1.29 is 9.59 Å². The zero-order chi connectivity index (χ0) is 17.6. The first-order valence-corrected chi connectivity index (χ1v) is 9.51. The number of aryl methyl sites for hydroxylation is 1. The summed E-state index contributed by atoms with van der Waals surface area (Å²) in [6.45, 7) is 2.51. The summed E-state index contributed by atoms with van der Waals surface area (Å²) in [6, 6.07) is 9.31. The molecule has 25 heavy (non-hydrogen) atoms. The maximum absolute atomic E-state index is 13.3. The lowest BCUT2D eigenvalue weighted by Gasteiger charge is -2.25. The van der Waals surface area contributed by atoms with Crippen LogP contribution in [0.5, 0.6) is 0 Å². The maximum Gasteiger partial charge on any atom is 0.274 e. The molecule has 1 saturated heterocycles. The number of nitrogens with zero attached hydrogens (tertiary/aromatic N) is 2. The van der Waals surface area contributed by atoms with Gasteiger partial charge in [0.2, 0.25) is 5.91 Å². The minimum Gasteiger partial charge on any atom is -0.368 e. The lowest BCUT2D eigenvalue weighted by Crippen LogP contribution is -2.46. The van der Waals surface area contributed by atoms with Crippen molar-refractivity contribution in [3.8, 4) is 10.4 Å². The second-order valence-electron chi connectivity index (χ2n) is 6.94. The topological polar surface area (TPSA) is 76.3 Å². The Bertz CT molecular complexity index is 817. The van der Waals surface area contributed by atoms with E-state index >= 15 is 0 Å². The van der Waals surface area contributed by atoms with Crippen LogP contribution in [0.3, 0.4) is 0 Å². The fourth-order valence-electron chi connectivity index (χ4n) is 4.37. The van der Waals surface area contributed by atoms with E-state index in [4.69, 9.17) is 5.73 Å². The van der Waals surface area contributed by atoms with Gasteiger partial charge in [-0.15, -0.1) is 11.3 Å². The highest BCUT2D eigenvalue weighted by molar-refractivity contribution is 7.15. The molecule has 1 aliphatic carbocycles. The average Bonchev–Trinajstić information content (AvgIpc) is 3.28. The number of likely N-dealkylation sites (tertiary alicyclic amines) is 1. The zero-order valence-corrected chi connectivity index (χ0v) is 15.0. The maximum atomic E-state index is 13.3. The molecule has 2 N–H and O–H groups in total. The van der Waals surface area contributed by atoms with Crippen molar-refractivity contribution in [1.82, 2.24) is 9.88 Å². The average molecular weight is 355 g/mol. The molecule has 3 atom stereocenters. The zero-order valence-electron chi connectivity index (χ0n) is 14.1. The molecule has 2 aliphatic rings. The summed E-state index contributed by atoms with van der Waals surface area (Å²) < 4.78 is 0. The van der Waals surface area contributed by atoms with E-state index in [2.05, 4.69) is 4.98 Å². The van der Waals surface area contributed by atoms with Gasteiger partial charge >= 0.3 is 0 Å². The monoisotopic (exact) mass is 355 g/mol. The van der Waals surface area contributed by atoms with E-state index in [1.54, 1.807) is 4.90 Å². The lowest BCUT2D eigenvalue weighted by molar-refractivity contribution is -0.122. The molecule has 0 spiro atoms. The number of hydrogen-bond acceptors (Lipinski definition) is 4. The van der Waals surface area contributed by atoms with Gasteiger partial charge in [0.25, 0.3) is 5.91 Å². The van der Waals surface area contributed by atoms with Gasteiger partial charge in [0.05, 0.1) is 9.88 Å². The minimum absolute atomic E-state index is 0.165. The highest BCUT2D eigenvalue weighted by Gasteiger charge is 2.49. The van der Waals surface area contributed by atoms with Crippen LogP contribution in [0.25, 0.3) is 10.4 Å². The molecule has 130 valence electrons. The second kappa shape index (κ2) is 6.26. The fraction of sp³-hybridized carbons (Fsp3) is 0.421. The van der Waals surface area contributed by atoms with Crippen molar-refractivity contribution in [3.63, 3.8) is 0 Å². The van der Waals surface area contributed by atoms with Crippen LogP contribution in [0, 0.1) is 18.8 Å². The van der Waals surface area contributed by atoms with Gasteiger partial charge in [-0.3, -0.25) is 9.59 Å². The normalized spacial score (nSPS) is 25.2. The van der Waals surface area contributed by atoms with Crippen molar-refractivity contribution in [2.24, 2.45) is 17.6 Å². The first-order valence-electron chi connectivity index (χ1n) is 8.69. The van der Waals surface area contributed by atoms with E-state index in [-0.39, 0.29) is 11.8 Å². The number of aromatic nitrogens is 1. The second-order valence-corrected chi connectivity index (χ2v) is 8.14. The standard InChI is InChI=1S/C19H21N3O2S/c1-11-21-15(17(25-11)12-6-3-2-4-7-12)19(24)22-10-13-8-5-9-14(13)16(22)18(20)23/h2-4,6-7,13-14,16H,5,8-10H2,1H3,(H2,20,23)/t13-,14-,16-/m0/s1. The van der Waals surface area contributed by atoms with Crippen LogP contribution in [-0.2, 0) is 4.79 Å². The Morgan fingerprint density at radius 3 is 2.72 bits per heavy atom. The van der Waals surface area contributed by atoms with Crippen molar-refractivity contribution in [3.05, 3.63) is 41.0 Å². The minimum atomic E-state index is -0.495. The van der Waals surface area contributed by atoms with E-state index in [0.717, 1.165) is 34.7 Å². The number of rotatable bonds is 3. The SMILES string of the molecule is Cc1nc(C(=O)N2C[C@@H]3CCC[C@@H]3[C@H]2C(N)=O)c(-c2ccccc2)s1. The van der Waals surface area contributed by atoms with Crippen LogP contribution < -0.4 is 5.73 Å². The molecule has 4 rings (SSSR count). The molecule has 2 heterocycles. The van der Waals surface area contributed by atoms with Gasteiger partial charge in [0.1, 0.15) is 11.7 Å².